The second-order valence-electron chi connectivity index (χ2n) is 6.46. The second-order valence-corrected chi connectivity index (χ2v) is 6.87. The molecule has 0 radical (unpaired) electrons. The standard InChI is InChI=1S/C18H18ClN5O3/c1-24-18(26)14-12(20-11-5-3-4-10(19)15(11)27-2)8-13(21-16(14)23-24)22-17(25)9-6-7-9/h3-5,8-9H,6-7H2,1-2H3,(H3,20,21,22,23,25). The summed E-state index contributed by atoms with van der Waals surface area (Å²) in [5.41, 5.74) is 1.23. The number of pyridine rings is 1. The van der Waals surface area contributed by atoms with Crippen molar-refractivity contribution in [2.75, 3.05) is 17.7 Å². The highest BCUT2D eigenvalue weighted by Gasteiger charge is 2.30. The molecule has 1 aromatic carbocycles. The molecule has 0 spiro atoms. The van der Waals surface area contributed by atoms with Crippen molar-refractivity contribution in [3.8, 4) is 5.75 Å². The van der Waals surface area contributed by atoms with Gasteiger partial charge in [-0.3, -0.25) is 19.4 Å². The third kappa shape index (κ3) is 3.23. The van der Waals surface area contributed by atoms with Crippen LogP contribution in [0.25, 0.3) is 11.0 Å². The summed E-state index contributed by atoms with van der Waals surface area (Å²) in [6.45, 7) is 0. The lowest BCUT2D eigenvalue weighted by molar-refractivity contribution is -0.117. The van der Waals surface area contributed by atoms with Crippen molar-refractivity contribution in [2.24, 2.45) is 13.0 Å². The maximum absolute atomic E-state index is 12.5. The molecule has 2 heterocycles. The molecule has 4 rings (SSSR count). The van der Waals surface area contributed by atoms with Crippen LogP contribution in [0.15, 0.2) is 29.1 Å². The van der Waals surface area contributed by atoms with Crippen LogP contribution in [-0.2, 0) is 11.8 Å². The average Bonchev–Trinajstić information content (AvgIpc) is 3.42. The monoisotopic (exact) mass is 387 g/mol. The van der Waals surface area contributed by atoms with E-state index in [1.165, 1.54) is 11.8 Å². The van der Waals surface area contributed by atoms with Crippen LogP contribution in [0.5, 0.6) is 5.75 Å². The van der Waals surface area contributed by atoms with Crippen LogP contribution in [0.3, 0.4) is 0 Å². The highest BCUT2D eigenvalue weighted by atomic mass is 35.5. The Kier molecular flexibility index (Phi) is 4.27. The zero-order chi connectivity index (χ0) is 19.1. The van der Waals surface area contributed by atoms with E-state index in [9.17, 15) is 9.59 Å². The molecule has 0 atom stereocenters. The molecule has 140 valence electrons. The Morgan fingerprint density at radius 2 is 2.15 bits per heavy atom. The van der Waals surface area contributed by atoms with E-state index in [0.29, 0.717) is 39.0 Å². The van der Waals surface area contributed by atoms with E-state index in [1.807, 2.05) is 0 Å². The van der Waals surface area contributed by atoms with Gasteiger partial charge in [0.05, 0.1) is 23.5 Å². The molecular weight excluding hydrogens is 370 g/mol. The Balaban J connectivity index is 1.81. The number of anilines is 3. The number of aryl methyl sites for hydroxylation is 1. The largest absolute Gasteiger partial charge is 0.493 e. The SMILES string of the molecule is COc1c(Cl)cccc1Nc1cc(NC(=O)C2CC2)nc2[nH]n(C)c(=O)c12. The van der Waals surface area contributed by atoms with Crippen molar-refractivity contribution in [3.63, 3.8) is 0 Å². The smallest absolute Gasteiger partial charge is 0.277 e. The molecule has 8 nitrogen and oxygen atoms in total. The summed E-state index contributed by atoms with van der Waals surface area (Å²) in [6, 6.07) is 6.91. The fourth-order valence-corrected chi connectivity index (χ4v) is 3.17. The third-order valence-corrected chi connectivity index (χ3v) is 4.75. The lowest BCUT2D eigenvalue weighted by Gasteiger charge is -2.14. The average molecular weight is 388 g/mol. The van der Waals surface area contributed by atoms with Gasteiger partial charge in [-0.2, -0.15) is 0 Å². The van der Waals surface area contributed by atoms with Crippen molar-refractivity contribution in [3.05, 3.63) is 39.6 Å². The quantitative estimate of drug-likeness (QED) is 0.624. The molecule has 1 aliphatic rings. The highest BCUT2D eigenvalue weighted by Crippen LogP contribution is 2.36. The Morgan fingerprint density at radius 1 is 1.37 bits per heavy atom. The fraction of sp³-hybridized carbons (Fsp3) is 0.278. The summed E-state index contributed by atoms with van der Waals surface area (Å²) in [5, 5.41) is 9.71. The zero-order valence-electron chi connectivity index (χ0n) is 14.8. The van der Waals surface area contributed by atoms with Crippen molar-refractivity contribution in [2.45, 2.75) is 12.8 Å². The first-order chi connectivity index (χ1) is 13.0. The van der Waals surface area contributed by atoms with Gasteiger partial charge in [-0.15, -0.1) is 0 Å². The Bertz CT molecular complexity index is 1100. The van der Waals surface area contributed by atoms with Gasteiger partial charge in [-0.1, -0.05) is 17.7 Å². The number of hydrogen-bond acceptors (Lipinski definition) is 5. The zero-order valence-corrected chi connectivity index (χ0v) is 15.6. The van der Waals surface area contributed by atoms with Gasteiger partial charge in [-0.05, 0) is 25.0 Å². The third-order valence-electron chi connectivity index (χ3n) is 4.45. The van der Waals surface area contributed by atoms with E-state index in [0.717, 1.165) is 12.8 Å². The number of fused-ring (bicyclic) bond motifs is 1. The maximum Gasteiger partial charge on any atom is 0.277 e. The Hall–Kier alpha value is -3.00. The molecule has 1 aliphatic carbocycles. The number of amides is 1. The number of H-pyrrole nitrogens is 1. The lowest BCUT2D eigenvalue weighted by atomic mass is 10.2. The van der Waals surface area contributed by atoms with Crippen LogP contribution in [0.1, 0.15) is 12.8 Å². The van der Waals surface area contributed by atoms with E-state index in [1.54, 1.807) is 31.3 Å². The van der Waals surface area contributed by atoms with Gasteiger partial charge in [0.1, 0.15) is 11.2 Å². The van der Waals surface area contributed by atoms with Crippen LogP contribution in [0, 0.1) is 5.92 Å². The van der Waals surface area contributed by atoms with Gasteiger partial charge in [0, 0.05) is 19.0 Å². The van der Waals surface area contributed by atoms with Crippen LogP contribution in [0.4, 0.5) is 17.2 Å². The summed E-state index contributed by atoms with van der Waals surface area (Å²) in [6.07, 6.45) is 1.78. The topological polar surface area (TPSA) is 101 Å². The molecule has 1 fully saturated rings. The van der Waals surface area contributed by atoms with Crippen molar-refractivity contribution in [1.82, 2.24) is 14.8 Å². The van der Waals surface area contributed by atoms with E-state index in [4.69, 9.17) is 16.3 Å². The molecule has 9 heteroatoms. The van der Waals surface area contributed by atoms with Crippen LogP contribution in [0.2, 0.25) is 5.02 Å². The number of aromatic nitrogens is 3. The summed E-state index contributed by atoms with van der Waals surface area (Å²) in [5.74, 6) is 0.804. The second kappa shape index (κ2) is 6.62. The maximum atomic E-state index is 12.5. The van der Waals surface area contributed by atoms with E-state index in [2.05, 4.69) is 20.7 Å². The summed E-state index contributed by atoms with van der Waals surface area (Å²) in [7, 11) is 3.13. The predicted molar refractivity (Wildman–Crippen MR) is 104 cm³/mol. The van der Waals surface area contributed by atoms with Gasteiger partial charge < -0.3 is 15.4 Å². The molecule has 2 aromatic heterocycles. The number of nitrogens with one attached hydrogen (secondary N) is 3. The molecule has 0 saturated heterocycles. The van der Waals surface area contributed by atoms with E-state index >= 15 is 0 Å². The number of para-hydroxylation sites is 1. The number of ether oxygens (including phenoxy) is 1. The Morgan fingerprint density at radius 3 is 2.85 bits per heavy atom. The normalized spacial score (nSPS) is 13.6. The number of benzene rings is 1. The summed E-state index contributed by atoms with van der Waals surface area (Å²) < 4.78 is 6.70. The predicted octanol–water partition coefficient (Wildman–Crippen LogP) is 3.02. The number of halogens is 1. The minimum Gasteiger partial charge on any atom is -0.493 e. The van der Waals surface area contributed by atoms with Crippen molar-refractivity contribution < 1.29 is 9.53 Å². The number of hydrogen-bond donors (Lipinski definition) is 3. The van der Waals surface area contributed by atoms with E-state index < -0.39 is 0 Å². The van der Waals surface area contributed by atoms with Gasteiger partial charge in [0.15, 0.2) is 11.4 Å². The molecule has 0 bridgehead atoms. The van der Waals surface area contributed by atoms with Crippen LogP contribution < -0.4 is 20.9 Å². The number of rotatable bonds is 5. The number of aromatic amines is 1. The fourth-order valence-electron chi connectivity index (χ4n) is 2.92. The minimum absolute atomic E-state index is 0.0433. The summed E-state index contributed by atoms with van der Waals surface area (Å²) >= 11 is 6.18. The van der Waals surface area contributed by atoms with Crippen molar-refractivity contribution in [1.29, 1.82) is 0 Å². The number of methoxy groups -OCH3 is 1. The first-order valence-electron chi connectivity index (χ1n) is 8.48. The van der Waals surface area contributed by atoms with Gasteiger partial charge >= 0.3 is 0 Å². The molecule has 1 amide bonds. The summed E-state index contributed by atoms with van der Waals surface area (Å²) in [4.78, 5) is 29.0. The van der Waals surface area contributed by atoms with Crippen molar-refractivity contribution >= 4 is 45.7 Å². The van der Waals surface area contributed by atoms with Crippen LogP contribution >= 0.6 is 11.6 Å². The molecular formula is C18H18ClN5O3. The van der Waals surface area contributed by atoms with Gasteiger partial charge in [0.25, 0.3) is 5.56 Å². The molecule has 0 aliphatic heterocycles. The highest BCUT2D eigenvalue weighted by molar-refractivity contribution is 6.32. The molecule has 3 N–H and O–H groups in total. The van der Waals surface area contributed by atoms with Crippen LogP contribution in [-0.4, -0.2) is 27.8 Å². The van der Waals surface area contributed by atoms with E-state index in [-0.39, 0.29) is 17.4 Å². The minimum atomic E-state index is -0.235. The van der Waals surface area contributed by atoms with Gasteiger partial charge in [-0.25, -0.2) is 4.98 Å². The van der Waals surface area contributed by atoms with Gasteiger partial charge in [0.2, 0.25) is 5.91 Å². The molecule has 1 saturated carbocycles. The first kappa shape index (κ1) is 17.4. The first-order valence-corrected chi connectivity index (χ1v) is 8.86. The Labute approximate surface area is 159 Å². The number of carbonyl (C=O) groups is 1. The lowest BCUT2D eigenvalue weighted by Crippen LogP contribution is -2.15. The molecule has 3 aromatic rings. The number of carbonyl (C=O) groups excluding carboxylic acids is 1. The molecule has 27 heavy (non-hydrogen) atoms. The number of nitrogens with zero attached hydrogens (tertiary/aromatic N) is 2. The molecule has 0 unspecified atom stereocenters.